The van der Waals surface area contributed by atoms with Crippen LogP contribution in [0.15, 0.2) is 51.4 Å². The number of furan rings is 1. The molecule has 1 atom stereocenters. The first kappa shape index (κ1) is 13.6. The van der Waals surface area contributed by atoms with Crippen molar-refractivity contribution in [3.8, 4) is 0 Å². The van der Waals surface area contributed by atoms with Crippen molar-refractivity contribution in [1.29, 1.82) is 0 Å². The minimum Gasteiger partial charge on any atom is -0.459 e. The zero-order valence-corrected chi connectivity index (χ0v) is 12.6. The van der Waals surface area contributed by atoms with Crippen LogP contribution >= 0.6 is 27.5 Å². The summed E-state index contributed by atoms with van der Waals surface area (Å²) in [6.45, 7) is 0. The van der Waals surface area contributed by atoms with Crippen LogP contribution in [-0.4, -0.2) is 0 Å². The molecule has 5 heteroatoms. The zero-order valence-electron chi connectivity index (χ0n) is 10.2. The molecule has 3 rings (SSSR count). The summed E-state index contributed by atoms with van der Waals surface area (Å²) in [5.74, 6) is 0.223. The molecular weight excluding hydrogens is 345 g/mol. The summed E-state index contributed by atoms with van der Waals surface area (Å²) in [4.78, 5) is 0. The van der Waals surface area contributed by atoms with Gasteiger partial charge in [-0.05, 0) is 57.9 Å². The molecule has 2 nitrogen and oxygen atoms in total. The molecule has 2 N–H and O–H groups in total. The Bertz CT molecular complexity index is 787. The first-order chi connectivity index (χ1) is 9.54. The number of halogens is 3. The van der Waals surface area contributed by atoms with Gasteiger partial charge in [0.2, 0.25) is 0 Å². The Labute approximate surface area is 128 Å². The number of fused-ring (bicyclic) bond motifs is 1. The Kier molecular flexibility index (Phi) is 3.54. The van der Waals surface area contributed by atoms with E-state index >= 15 is 0 Å². The SMILES string of the molecule is NC(c1ccc(Br)c(F)c1)c1cc2cc(Cl)ccc2o1. The number of nitrogens with two attached hydrogens (primary N) is 1. The number of hydrogen-bond acceptors (Lipinski definition) is 2. The highest BCUT2D eigenvalue weighted by Crippen LogP contribution is 2.29. The molecule has 0 radical (unpaired) electrons. The zero-order chi connectivity index (χ0) is 14.3. The summed E-state index contributed by atoms with van der Waals surface area (Å²) >= 11 is 9.05. The quantitative estimate of drug-likeness (QED) is 0.700. The molecule has 0 bridgehead atoms. The highest BCUT2D eigenvalue weighted by atomic mass is 79.9. The van der Waals surface area contributed by atoms with E-state index in [1.165, 1.54) is 6.07 Å². The van der Waals surface area contributed by atoms with Crippen molar-refractivity contribution in [3.63, 3.8) is 0 Å². The van der Waals surface area contributed by atoms with E-state index in [-0.39, 0.29) is 5.82 Å². The topological polar surface area (TPSA) is 39.2 Å². The van der Waals surface area contributed by atoms with E-state index in [0.717, 1.165) is 5.39 Å². The highest BCUT2D eigenvalue weighted by molar-refractivity contribution is 9.10. The van der Waals surface area contributed by atoms with Gasteiger partial charge in [0.25, 0.3) is 0 Å². The standard InChI is InChI=1S/C15H10BrClFNO/c16-11-3-1-8(6-12(11)18)15(19)14-7-9-5-10(17)2-4-13(9)20-14/h1-7,15H,19H2. The largest absolute Gasteiger partial charge is 0.459 e. The molecule has 2 aromatic carbocycles. The summed E-state index contributed by atoms with van der Waals surface area (Å²) in [6, 6.07) is 11.4. The number of benzene rings is 2. The lowest BCUT2D eigenvalue weighted by molar-refractivity contribution is 0.523. The third-order valence-electron chi connectivity index (χ3n) is 3.11. The van der Waals surface area contributed by atoms with Gasteiger partial charge in [-0.2, -0.15) is 0 Å². The van der Waals surface area contributed by atoms with Crippen molar-refractivity contribution in [2.24, 2.45) is 5.73 Å². The smallest absolute Gasteiger partial charge is 0.137 e. The van der Waals surface area contributed by atoms with Gasteiger partial charge in [0, 0.05) is 10.4 Å². The molecular formula is C15H10BrClFNO. The van der Waals surface area contributed by atoms with E-state index in [0.29, 0.717) is 26.4 Å². The highest BCUT2D eigenvalue weighted by Gasteiger charge is 2.15. The molecule has 0 amide bonds. The normalized spacial score (nSPS) is 12.8. The van der Waals surface area contributed by atoms with Crippen molar-refractivity contribution in [1.82, 2.24) is 0 Å². The molecule has 0 aliphatic heterocycles. The third kappa shape index (κ3) is 2.46. The van der Waals surface area contributed by atoms with Gasteiger partial charge in [-0.3, -0.25) is 0 Å². The van der Waals surface area contributed by atoms with Crippen LogP contribution in [-0.2, 0) is 0 Å². The molecule has 3 aromatic rings. The van der Waals surface area contributed by atoms with E-state index in [9.17, 15) is 4.39 Å². The first-order valence-electron chi connectivity index (χ1n) is 5.94. The molecule has 0 aliphatic carbocycles. The monoisotopic (exact) mass is 353 g/mol. The van der Waals surface area contributed by atoms with E-state index in [4.69, 9.17) is 21.8 Å². The third-order valence-corrected chi connectivity index (χ3v) is 3.98. The van der Waals surface area contributed by atoms with Crippen LogP contribution in [0, 0.1) is 5.82 Å². The summed E-state index contributed by atoms with van der Waals surface area (Å²) in [6.07, 6.45) is 0. The van der Waals surface area contributed by atoms with Gasteiger partial charge in [0.15, 0.2) is 0 Å². The maximum absolute atomic E-state index is 13.6. The van der Waals surface area contributed by atoms with Gasteiger partial charge in [-0.25, -0.2) is 4.39 Å². The summed E-state index contributed by atoms with van der Waals surface area (Å²) < 4.78 is 19.7. The van der Waals surface area contributed by atoms with Gasteiger partial charge in [-0.15, -0.1) is 0 Å². The average Bonchev–Trinajstić information content (AvgIpc) is 2.84. The van der Waals surface area contributed by atoms with Crippen LogP contribution in [0.4, 0.5) is 4.39 Å². The Hall–Kier alpha value is -1.36. The predicted octanol–water partition coefficient (Wildman–Crippen LogP) is 5.04. The molecule has 0 aliphatic rings. The Morgan fingerprint density at radius 1 is 1.15 bits per heavy atom. The second-order valence-electron chi connectivity index (χ2n) is 4.48. The molecule has 0 fully saturated rings. The predicted molar refractivity (Wildman–Crippen MR) is 81.4 cm³/mol. The van der Waals surface area contributed by atoms with Crippen LogP contribution in [0.2, 0.25) is 5.02 Å². The maximum atomic E-state index is 13.6. The summed E-state index contributed by atoms with van der Waals surface area (Å²) in [5.41, 5.74) is 7.48. The lowest BCUT2D eigenvalue weighted by Crippen LogP contribution is -2.11. The van der Waals surface area contributed by atoms with E-state index in [1.54, 1.807) is 30.3 Å². The maximum Gasteiger partial charge on any atom is 0.137 e. The molecule has 20 heavy (non-hydrogen) atoms. The van der Waals surface area contributed by atoms with E-state index < -0.39 is 6.04 Å². The fraction of sp³-hybridized carbons (Fsp3) is 0.0667. The van der Waals surface area contributed by atoms with Gasteiger partial charge in [0.1, 0.15) is 17.2 Å². The van der Waals surface area contributed by atoms with Crippen molar-refractivity contribution < 1.29 is 8.81 Å². The molecule has 1 heterocycles. The van der Waals surface area contributed by atoms with Crippen molar-refractivity contribution in [2.75, 3.05) is 0 Å². The second-order valence-corrected chi connectivity index (χ2v) is 5.77. The van der Waals surface area contributed by atoms with Crippen LogP contribution in [0.5, 0.6) is 0 Å². The lowest BCUT2D eigenvalue weighted by Gasteiger charge is -2.09. The molecule has 102 valence electrons. The van der Waals surface area contributed by atoms with Crippen LogP contribution in [0.3, 0.4) is 0 Å². The van der Waals surface area contributed by atoms with Crippen LogP contribution < -0.4 is 5.73 Å². The number of hydrogen-bond donors (Lipinski definition) is 1. The first-order valence-corrected chi connectivity index (χ1v) is 7.11. The van der Waals surface area contributed by atoms with Crippen molar-refractivity contribution in [3.05, 3.63) is 69.1 Å². The molecule has 0 saturated carbocycles. The molecule has 1 unspecified atom stereocenters. The Morgan fingerprint density at radius 3 is 2.70 bits per heavy atom. The van der Waals surface area contributed by atoms with Gasteiger partial charge >= 0.3 is 0 Å². The van der Waals surface area contributed by atoms with Gasteiger partial charge < -0.3 is 10.2 Å². The van der Waals surface area contributed by atoms with Crippen molar-refractivity contribution >= 4 is 38.5 Å². The van der Waals surface area contributed by atoms with Crippen LogP contribution in [0.1, 0.15) is 17.4 Å². The molecule has 1 aromatic heterocycles. The second kappa shape index (κ2) is 5.20. The van der Waals surface area contributed by atoms with Gasteiger partial charge in [0.05, 0.1) is 10.5 Å². The Morgan fingerprint density at radius 2 is 1.95 bits per heavy atom. The summed E-state index contributed by atoms with van der Waals surface area (Å²) in [7, 11) is 0. The number of rotatable bonds is 2. The van der Waals surface area contributed by atoms with E-state index in [1.807, 2.05) is 6.07 Å². The molecule has 0 spiro atoms. The minimum atomic E-state index is -0.524. The van der Waals surface area contributed by atoms with Crippen molar-refractivity contribution in [2.45, 2.75) is 6.04 Å². The lowest BCUT2D eigenvalue weighted by atomic mass is 10.1. The van der Waals surface area contributed by atoms with E-state index in [2.05, 4.69) is 15.9 Å². The molecule has 0 saturated heterocycles. The summed E-state index contributed by atoms with van der Waals surface area (Å²) in [5, 5.41) is 1.51. The van der Waals surface area contributed by atoms with Gasteiger partial charge in [-0.1, -0.05) is 17.7 Å². The minimum absolute atomic E-state index is 0.350. The Balaban J connectivity index is 2.02. The van der Waals surface area contributed by atoms with Crippen LogP contribution in [0.25, 0.3) is 11.0 Å². The average molecular weight is 355 g/mol. The fourth-order valence-electron chi connectivity index (χ4n) is 2.06. The fourth-order valence-corrected chi connectivity index (χ4v) is 2.49.